The fraction of sp³-hybridized carbons (Fsp3) is 0.538. The van der Waals surface area contributed by atoms with Crippen LogP contribution in [0, 0.1) is 0 Å². The molecule has 0 aliphatic carbocycles. The lowest BCUT2D eigenvalue weighted by Crippen LogP contribution is -2.42. The maximum absolute atomic E-state index is 10.1. The van der Waals surface area contributed by atoms with E-state index in [0.29, 0.717) is 0 Å². The number of rotatable bonds is 1. The van der Waals surface area contributed by atoms with Gasteiger partial charge in [0.2, 0.25) is 0 Å². The topological polar surface area (TPSA) is 35.9 Å². The smallest absolute Gasteiger partial charge is 0.148 e. The summed E-state index contributed by atoms with van der Waals surface area (Å²) in [6, 6.07) is -0.278. The summed E-state index contributed by atoms with van der Waals surface area (Å²) in [5.74, 6) is 0. The Labute approximate surface area is 103 Å². The number of carbonyl (C=O) groups is 1. The van der Waals surface area contributed by atoms with Crippen LogP contribution in [0.5, 0.6) is 0 Å². The highest BCUT2D eigenvalue weighted by Gasteiger charge is 2.07. The van der Waals surface area contributed by atoms with Crippen molar-refractivity contribution >= 4 is 12.5 Å². The van der Waals surface area contributed by atoms with Crippen molar-refractivity contribution in [2.75, 3.05) is 40.3 Å². The summed E-state index contributed by atoms with van der Waals surface area (Å²) in [6.07, 6.45) is 9.62. The Balaban J connectivity index is 0.000000171. The normalized spacial score (nSPS) is 24.9. The van der Waals surface area contributed by atoms with Gasteiger partial charge in [-0.3, -0.25) is 4.99 Å². The quantitative estimate of drug-likeness (QED) is 0.625. The second kappa shape index (κ2) is 7.92. The fourth-order valence-corrected chi connectivity index (χ4v) is 1.48. The van der Waals surface area contributed by atoms with Gasteiger partial charge in [0.25, 0.3) is 0 Å². The largest absolute Gasteiger partial charge is 0.304 e. The third-order valence-corrected chi connectivity index (χ3v) is 2.74. The summed E-state index contributed by atoms with van der Waals surface area (Å²) in [6.45, 7) is 4.93. The van der Waals surface area contributed by atoms with Crippen molar-refractivity contribution in [3.05, 3.63) is 24.3 Å². The molecular weight excluding hydrogens is 214 g/mol. The van der Waals surface area contributed by atoms with Gasteiger partial charge in [0.15, 0.2) is 0 Å². The van der Waals surface area contributed by atoms with Crippen LogP contribution in [0.3, 0.4) is 0 Å². The van der Waals surface area contributed by atoms with Crippen LogP contribution >= 0.6 is 0 Å². The SMILES string of the molecule is CN1CCN(C)CC1.O=CC1C=CC=CC=N1. The predicted molar refractivity (Wildman–Crippen MR) is 71.6 cm³/mol. The molecule has 2 aliphatic heterocycles. The summed E-state index contributed by atoms with van der Waals surface area (Å²) in [4.78, 5) is 18.7. The van der Waals surface area contributed by atoms with Gasteiger partial charge in [0.05, 0.1) is 0 Å². The minimum Gasteiger partial charge on any atom is -0.304 e. The zero-order chi connectivity index (χ0) is 12.5. The molecule has 0 bridgehead atoms. The zero-order valence-corrected chi connectivity index (χ0v) is 10.6. The molecule has 0 amide bonds. The Morgan fingerprint density at radius 1 is 1.06 bits per heavy atom. The number of nitrogens with zero attached hydrogens (tertiary/aromatic N) is 3. The average Bonchev–Trinajstić information content (AvgIpc) is 2.62. The van der Waals surface area contributed by atoms with Crippen LogP contribution in [0.4, 0.5) is 0 Å². The van der Waals surface area contributed by atoms with E-state index < -0.39 is 0 Å². The molecule has 4 heteroatoms. The van der Waals surface area contributed by atoms with E-state index in [1.165, 1.54) is 26.2 Å². The van der Waals surface area contributed by atoms with Gasteiger partial charge in [-0.2, -0.15) is 0 Å². The molecule has 4 nitrogen and oxygen atoms in total. The number of hydrogen-bond acceptors (Lipinski definition) is 4. The van der Waals surface area contributed by atoms with Gasteiger partial charge in [-0.15, -0.1) is 0 Å². The molecule has 1 unspecified atom stereocenters. The van der Waals surface area contributed by atoms with E-state index >= 15 is 0 Å². The van der Waals surface area contributed by atoms with E-state index in [4.69, 9.17) is 0 Å². The molecule has 0 spiro atoms. The Morgan fingerprint density at radius 3 is 2.18 bits per heavy atom. The molecule has 0 aromatic carbocycles. The van der Waals surface area contributed by atoms with Crippen LogP contribution in [0.2, 0.25) is 0 Å². The van der Waals surface area contributed by atoms with Crippen LogP contribution < -0.4 is 0 Å². The summed E-state index contributed by atoms with van der Waals surface area (Å²) in [7, 11) is 4.35. The molecule has 0 saturated carbocycles. The second-order valence-corrected chi connectivity index (χ2v) is 4.30. The van der Waals surface area contributed by atoms with Gasteiger partial charge in [-0.25, -0.2) is 0 Å². The van der Waals surface area contributed by atoms with Crippen LogP contribution in [0.1, 0.15) is 0 Å². The monoisotopic (exact) mass is 235 g/mol. The van der Waals surface area contributed by atoms with E-state index in [9.17, 15) is 4.79 Å². The molecule has 94 valence electrons. The predicted octanol–water partition coefficient (Wildman–Crippen LogP) is 0.614. The first-order chi connectivity index (χ1) is 8.22. The summed E-state index contributed by atoms with van der Waals surface area (Å²) in [5.41, 5.74) is 0. The average molecular weight is 235 g/mol. The Hall–Kier alpha value is -1.26. The molecule has 2 rings (SSSR count). The standard InChI is InChI=1S/C7H7NO.C6H14N2/c9-6-7-4-2-1-3-5-8-7;1-7-3-5-8(2)6-4-7/h1-7H;3-6H2,1-2H3. The third-order valence-electron chi connectivity index (χ3n) is 2.74. The first kappa shape index (κ1) is 13.8. The van der Waals surface area contributed by atoms with Crippen molar-refractivity contribution in [3.63, 3.8) is 0 Å². The van der Waals surface area contributed by atoms with Crippen LogP contribution in [-0.4, -0.2) is 68.6 Å². The maximum atomic E-state index is 10.1. The highest BCUT2D eigenvalue weighted by atomic mass is 16.1. The molecule has 17 heavy (non-hydrogen) atoms. The number of hydrogen-bond donors (Lipinski definition) is 0. The van der Waals surface area contributed by atoms with Crippen molar-refractivity contribution in [3.8, 4) is 0 Å². The van der Waals surface area contributed by atoms with E-state index in [0.717, 1.165) is 6.29 Å². The summed E-state index contributed by atoms with van der Waals surface area (Å²) < 4.78 is 0. The molecule has 1 atom stereocenters. The van der Waals surface area contributed by atoms with Crippen molar-refractivity contribution < 1.29 is 4.79 Å². The molecule has 0 N–H and O–H groups in total. The minimum absolute atomic E-state index is 0.278. The Bertz CT molecular complexity index is 276. The van der Waals surface area contributed by atoms with Crippen molar-refractivity contribution in [2.24, 2.45) is 4.99 Å². The summed E-state index contributed by atoms with van der Waals surface area (Å²) >= 11 is 0. The van der Waals surface area contributed by atoms with Crippen LogP contribution in [-0.2, 0) is 4.79 Å². The second-order valence-electron chi connectivity index (χ2n) is 4.30. The van der Waals surface area contributed by atoms with Gasteiger partial charge in [0, 0.05) is 32.4 Å². The molecule has 0 radical (unpaired) electrons. The lowest BCUT2D eigenvalue weighted by Gasteiger charge is -2.28. The van der Waals surface area contributed by atoms with Gasteiger partial charge in [-0.05, 0) is 20.2 Å². The highest BCUT2D eigenvalue weighted by molar-refractivity contribution is 5.76. The minimum atomic E-state index is -0.278. The molecule has 1 saturated heterocycles. The van der Waals surface area contributed by atoms with Gasteiger partial charge in [-0.1, -0.05) is 18.2 Å². The van der Waals surface area contributed by atoms with Crippen molar-refractivity contribution in [2.45, 2.75) is 6.04 Å². The number of allylic oxidation sites excluding steroid dienone is 3. The lowest BCUT2D eigenvalue weighted by atomic mass is 10.3. The van der Waals surface area contributed by atoms with Crippen LogP contribution in [0.15, 0.2) is 29.3 Å². The van der Waals surface area contributed by atoms with E-state index in [-0.39, 0.29) is 6.04 Å². The van der Waals surface area contributed by atoms with Gasteiger partial charge < -0.3 is 14.6 Å². The van der Waals surface area contributed by atoms with E-state index in [2.05, 4.69) is 28.9 Å². The maximum Gasteiger partial charge on any atom is 0.148 e. The Morgan fingerprint density at radius 2 is 1.65 bits per heavy atom. The van der Waals surface area contributed by atoms with Gasteiger partial charge in [0.1, 0.15) is 12.3 Å². The lowest BCUT2D eigenvalue weighted by molar-refractivity contribution is -0.108. The van der Waals surface area contributed by atoms with Gasteiger partial charge >= 0.3 is 0 Å². The molecule has 2 aliphatic rings. The molecular formula is C13H21N3O. The molecule has 0 aromatic rings. The number of likely N-dealkylation sites (N-methyl/N-ethyl adjacent to an activating group) is 2. The first-order valence-electron chi connectivity index (χ1n) is 5.91. The number of aldehydes is 1. The highest BCUT2D eigenvalue weighted by Crippen LogP contribution is 1.93. The van der Waals surface area contributed by atoms with E-state index in [1.807, 2.05) is 12.2 Å². The summed E-state index contributed by atoms with van der Waals surface area (Å²) in [5, 5.41) is 0. The van der Waals surface area contributed by atoms with Crippen molar-refractivity contribution in [1.29, 1.82) is 0 Å². The van der Waals surface area contributed by atoms with Crippen LogP contribution in [0.25, 0.3) is 0 Å². The Kier molecular flexibility index (Phi) is 6.43. The number of aliphatic imine (C=N–C) groups is 1. The third kappa shape index (κ3) is 6.14. The molecule has 1 fully saturated rings. The number of carbonyl (C=O) groups excluding carboxylic acids is 1. The molecule has 0 aromatic heterocycles. The zero-order valence-electron chi connectivity index (χ0n) is 10.6. The van der Waals surface area contributed by atoms with Crippen molar-refractivity contribution in [1.82, 2.24) is 9.80 Å². The van der Waals surface area contributed by atoms with E-state index in [1.54, 1.807) is 18.4 Å². The molecule has 2 heterocycles. The first-order valence-corrected chi connectivity index (χ1v) is 5.91. The number of piperazine rings is 1. The fourth-order valence-electron chi connectivity index (χ4n) is 1.48.